The first-order valence-electron chi connectivity index (χ1n) is 6.61. The van der Waals surface area contributed by atoms with Gasteiger partial charge in [-0.15, -0.1) is 0 Å². The molecule has 1 aromatic carbocycles. The van der Waals surface area contributed by atoms with Crippen molar-refractivity contribution < 1.29 is 13.9 Å². The maximum Gasteiger partial charge on any atom is 0.129 e. The van der Waals surface area contributed by atoms with E-state index >= 15 is 0 Å². The number of hydrogen-bond acceptors (Lipinski definition) is 1. The van der Waals surface area contributed by atoms with E-state index < -0.39 is 17.2 Å². The fourth-order valence-corrected chi connectivity index (χ4v) is 2.46. The molecule has 18 heavy (non-hydrogen) atoms. The van der Waals surface area contributed by atoms with Crippen LogP contribution in [0.25, 0.3) is 0 Å². The summed E-state index contributed by atoms with van der Waals surface area (Å²) in [5, 5.41) is 10.8. The highest BCUT2D eigenvalue weighted by Crippen LogP contribution is 2.49. The summed E-state index contributed by atoms with van der Waals surface area (Å²) in [6, 6.07) is 3.34. The van der Waals surface area contributed by atoms with Crippen LogP contribution in [-0.2, 0) is 5.60 Å². The van der Waals surface area contributed by atoms with Crippen LogP contribution in [0.2, 0.25) is 0 Å². The van der Waals surface area contributed by atoms with Gasteiger partial charge < -0.3 is 5.11 Å². The number of rotatable bonds is 5. The van der Waals surface area contributed by atoms with Crippen LogP contribution in [0.5, 0.6) is 0 Å². The van der Waals surface area contributed by atoms with Crippen molar-refractivity contribution in [3.8, 4) is 0 Å². The first-order valence-corrected chi connectivity index (χ1v) is 6.61. The second-order valence-electron chi connectivity index (χ2n) is 5.76. The van der Waals surface area contributed by atoms with Gasteiger partial charge in [-0.1, -0.05) is 13.8 Å². The lowest BCUT2D eigenvalue weighted by Gasteiger charge is -2.30. The lowest BCUT2D eigenvalue weighted by atomic mass is 9.82. The highest BCUT2D eigenvalue weighted by Gasteiger charge is 2.46. The summed E-state index contributed by atoms with van der Waals surface area (Å²) >= 11 is 0. The molecule has 0 bridgehead atoms. The molecule has 1 fully saturated rings. The van der Waals surface area contributed by atoms with Gasteiger partial charge in [0.2, 0.25) is 0 Å². The molecule has 1 aromatic rings. The fourth-order valence-electron chi connectivity index (χ4n) is 2.46. The maximum absolute atomic E-state index is 13.9. The lowest BCUT2D eigenvalue weighted by molar-refractivity contribution is -0.00423. The van der Waals surface area contributed by atoms with Gasteiger partial charge >= 0.3 is 0 Å². The molecule has 0 aliphatic heterocycles. The van der Waals surface area contributed by atoms with Crippen LogP contribution in [0.15, 0.2) is 18.2 Å². The molecular formula is C15H20F2O. The molecule has 1 nitrogen and oxygen atoms in total. The molecule has 0 saturated heterocycles. The van der Waals surface area contributed by atoms with Crippen LogP contribution in [0, 0.1) is 23.5 Å². The SMILES string of the molecule is CC(C)CCC(O)(c1cc(F)ccc1F)C1CC1. The summed E-state index contributed by atoms with van der Waals surface area (Å²) in [6.45, 7) is 4.13. The van der Waals surface area contributed by atoms with Crippen LogP contribution in [0.4, 0.5) is 8.78 Å². The lowest BCUT2D eigenvalue weighted by Crippen LogP contribution is -2.30. The Kier molecular flexibility index (Phi) is 3.71. The largest absolute Gasteiger partial charge is 0.385 e. The molecule has 1 aliphatic rings. The third kappa shape index (κ3) is 2.72. The summed E-state index contributed by atoms with van der Waals surface area (Å²) in [5.41, 5.74) is -1.07. The molecule has 0 aromatic heterocycles. The smallest absolute Gasteiger partial charge is 0.129 e. The average Bonchev–Trinajstić information content (AvgIpc) is 3.13. The van der Waals surface area contributed by atoms with Crippen molar-refractivity contribution in [1.82, 2.24) is 0 Å². The molecule has 0 spiro atoms. The van der Waals surface area contributed by atoms with E-state index in [4.69, 9.17) is 0 Å². The van der Waals surface area contributed by atoms with Gasteiger partial charge in [-0.3, -0.25) is 0 Å². The molecule has 1 N–H and O–H groups in total. The average molecular weight is 254 g/mol. The predicted molar refractivity (Wildman–Crippen MR) is 67.1 cm³/mol. The number of halogens is 2. The summed E-state index contributed by atoms with van der Waals surface area (Å²) < 4.78 is 27.1. The second-order valence-corrected chi connectivity index (χ2v) is 5.76. The Hall–Kier alpha value is -0.960. The Balaban J connectivity index is 2.31. The Morgan fingerprint density at radius 1 is 1.33 bits per heavy atom. The van der Waals surface area contributed by atoms with Crippen LogP contribution in [-0.4, -0.2) is 5.11 Å². The van der Waals surface area contributed by atoms with Crippen molar-refractivity contribution in [1.29, 1.82) is 0 Å². The Bertz CT molecular complexity index is 427. The zero-order chi connectivity index (χ0) is 13.3. The van der Waals surface area contributed by atoms with Gasteiger partial charge in [0.25, 0.3) is 0 Å². The highest BCUT2D eigenvalue weighted by atomic mass is 19.1. The molecule has 1 aliphatic carbocycles. The number of hydrogen-bond donors (Lipinski definition) is 1. The van der Waals surface area contributed by atoms with Gasteiger partial charge in [0.05, 0.1) is 5.60 Å². The standard InChI is InChI=1S/C15H20F2O/c1-10(2)7-8-15(18,11-3-4-11)13-9-12(16)5-6-14(13)17/h5-6,9-11,18H,3-4,7-8H2,1-2H3. The highest BCUT2D eigenvalue weighted by molar-refractivity contribution is 5.27. The number of aliphatic hydroxyl groups is 1. The third-order valence-corrected chi connectivity index (χ3v) is 3.75. The minimum atomic E-state index is -1.20. The monoisotopic (exact) mass is 254 g/mol. The predicted octanol–water partition coefficient (Wildman–Crippen LogP) is 4.00. The molecule has 2 rings (SSSR count). The minimum Gasteiger partial charge on any atom is -0.385 e. The zero-order valence-electron chi connectivity index (χ0n) is 10.9. The molecule has 1 unspecified atom stereocenters. The van der Waals surface area contributed by atoms with Gasteiger partial charge in [0.15, 0.2) is 0 Å². The third-order valence-electron chi connectivity index (χ3n) is 3.75. The number of benzene rings is 1. The van der Waals surface area contributed by atoms with E-state index in [2.05, 4.69) is 13.8 Å². The molecule has 1 saturated carbocycles. The van der Waals surface area contributed by atoms with E-state index in [1.807, 2.05) is 0 Å². The molecular weight excluding hydrogens is 234 g/mol. The van der Waals surface area contributed by atoms with E-state index in [-0.39, 0.29) is 11.5 Å². The topological polar surface area (TPSA) is 20.2 Å². The van der Waals surface area contributed by atoms with E-state index in [1.165, 1.54) is 0 Å². The van der Waals surface area contributed by atoms with E-state index in [1.54, 1.807) is 0 Å². The second kappa shape index (κ2) is 4.96. The van der Waals surface area contributed by atoms with E-state index in [0.29, 0.717) is 12.3 Å². The molecule has 0 radical (unpaired) electrons. The Morgan fingerprint density at radius 3 is 2.56 bits per heavy atom. The minimum absolute atomic E-state index is 0.0764. The van der Waals surface area contributed by atoms with Crippen LogP contribution >= 0.6 is 0 Å². The van der Waals surface area contributed by atoms with Gasteiger partial charge in [0.1, 0.15) is 11.6 Å². The van der Waals surface area contributed by atoms with Crippen molar-refractivity contribution in [2.45, 2.75) is 45.1 Å². The quantitative estimate of drug-likeness (QED) is 0.842. The molecule has 0 heterocycles. The van der Waals surface area contributed by atoms with Gasteiger partial charge in [-0.05, 0) is 55.7 Å². The van der Waals surface area contributed by atoms with Crippen LogP contribution in [0.1, 0.15) is 45.1 Å². The van der Waals surface area contributed by atoms with Crippen molar-refractivity contribution in [2.24, 2.45) is 11.8 Å². The van der Waals surface area contributed by atoms with Crippen molar-refractivity contribution in [3.63, 3.8) is 0 Å². The molecule has 1 atom stereocenters. The molecule has 0 amide bonds. The van der Waals surface area contributed by atoms with Crippen molar-refractivity contribution >= 4 is 0 Å². The summed E-state index contributed by atoms with van der Waals surface area (Å²) in [7, 11) is 0. The first-order chi connectivity index (χ1) is 8.43. The Morgan fingerprint density at radius 2 is 2.00 bits per heavy atom. The molecule has 100 valence electrons. The summed E-state index contributed by atoms with van der Waals surface area (Å²) in [4.78, 5) is 0. The normalized spacial score (nSPS) is 19.0. The first kappa shape index (κ1) is 13.5. The molecule has 3 heteroatoms. The summed E-state index contributed by atoms with van der Waals surface area (Å²) in [5.74, 6) is -0.482. The fraction of sp³-hybridized carbons (Fsp3) is 0.600. The van der Waals surface area contributed by atoms with Crippen LogP contribution in [0.3, 0.4) is 0 Å². The van der Waals surface area contributed by atoms with Gasteiger partial charge in [0, 0.05) is 5.56 Å². The van der Waals surface area contributed by atoms with E-state index in [9.17, 15) is 13.9 Å². The summed E-state index contributed by atoms with van der Waals surface area (Å²) in [6.07, 6.45) is 3.09. The van der Waals surface area contributed by atoms with Gasteiger partial charge in [-0.2, -0.15) is 0 Å². The zero-order valence-corrected chi connectivity index (χ0v) is 10.9. The van der Waals surface area contributed by atoms with Gasteiger partial charge in [-0.25, -0.2) is 8.78 Å². The van der Waals surface area contributed by atoms with Crippen molar-refractivity contribution in [2.75, 3.05) is 0 Å². The maximum atomic E-state index is 13.9. The Labute approximate surface area is 107 Å². The van der Waals surface area contributed by atoms with Crippen LogP contribution < -0.4 is 0 Å². The van der Waals surface area contributed by atoms with E-state index in [0.717, 1.165) is 37.5 Å². The van der Waals surface area contributed by atoms with Crippen molar-refractivity contribution in [3.05, 3.63) is 35.4 Å².